The zero-order chi connectivity index (χ0) is 20.4. The molecule has 1 heterocycles. The molecule has 0 bridgehead atoms. The van der Waals surface area contributed by atoms with Gasteiger partial charge in [0.25, 0.3) is 0 Å². The predicted molar refractivity (Wildman–Crippen MR) is 131 cm³/mol. The topological polar surface area (TPSA) is 67.8 Å². The van der Waals surface area contributed by atoms with Gasteiger partial charge in [0.1, 0.15) is 0 Å². The molecule has 2 N–H and O–H groups in total. The van der Waals surface area contributed by atoms with Gasteiger partial charge in [-0.05, 0) is 43.5 Å². The Labute approximate surface area is 191 Å². The molecular weight excluding hydrogens is 479 g/mol. The van der Waals surface area contributed by atoms with Crippen molar-refractivity contribution in [1.29, 1.82) is 0 Å². The van der Waals surface area contributed by atoms with E-state index in [1.165, 1.54) is 5.56 Å². The maximum absolute atomic E-state index is 5.67. The zero-order valence-electron chi connectivity index (χ0n) is 17.9. The van der Waals surface area contributed by atoms with Crippen molar-refractivity contribution in [1.82, 2.24) is 10.3 Å². The minimum atomic E-state index is 0. The van der Waals surface area contributed by atoms with Crippen LogP contribution in [0.4, 0.5) is 5.69 Å². The Bertz CT molecular complexity index is 754. The van der Waals surface area contributed by atoms with Gasteiger partial charge in [-0.25, -0.2) is 0 Å². The number of methoxy groups -OCH3 is 1. The number of rotatable bonds is 9. The molecule has 0 radical (unpaired) electrons. The summed E-state index contributed by atoms with van der Waals surface area (Å²) in [5.41, 5.74) is 2.10. The molecule has 2 rings (SSSR count). The lowest BCUT2D eigenvalue weighted by molar-refractivity contribution is 0.311. The Hall–Kier alpha value is -2.03. The first kappa shape index (κ1) is 25.0. The van der Waals surface area contributed by atoms with Crippen LogP contribution in [0.3, 0.4) is 0 Å². The third-order valence-corrected chi connectivity index (χ3v) is 4.43. The number of pyridine rings is 1. The fourth-order valence-electron chi connectivity index (χ4n) is 2.95. The normalized spacial score (nSPS) is 12.1. The van der Waals surface area contributed by atoms with Gasteiger partial charge >= 0.3 is 0 Å². The summed E-state index contributed by atoms with van der Waals surface area (Å²) < 4.78 is 11.0. The van der Waals surface area contributed by atoms with Crippen LogP contribution in [0.25, 0.3) is 0 Å². The molecule has 1 atom stereocenters. The van der Waals surface area contributed by atoms with Crippen molar-refractivity contribution in [3.05, 3.63) is 48.3 Å². The van der Waals surface area contributed by atoms with Gasteiger partial charge in [-0.2, -0.15) is 0 Å². The molecule has 0 aliphatic carbocycles. The summed E-state index contributed by atoms with van der Waals surface area (Å²) in [6, 6.07) is 9.87. The molecule has 6 nitrogen and oxygen atoms in total. The first-order valence-electron chi connectivity index (χ1n) is 9.85. The van der Waals surface area contributed by atoms with E-state index in [9.17, 15) is 0 Å². The Morgan fingerprint density at radius 2 is 1.97 bits per heavy atom. The fourth-order valence-corrected chi connectivity index (χ4v) is 2.95. The van der Waals surface area contributed by atoms with Gasteiger partial charge in [0.15, 0.2) is 17.5 Å². The molecular formula is C22H33IN4O2. The average Bonchev–Trinajstić information content (AvgIpc) is 2.69. The van der Waals surface area contributed by atoms with Crippen molar-refractivity contribution in [2.45, 2.75) is 33.6 Å². The van der Waals surface area contributed by atoms with Gasteiger partial charge in [-0.1, -0.05) is 19.9 Å². The van der Waals surface area contributed by atoms with Crippen molar-refractivity contribution in [3.8, 4) is 11.5 Å². The fraction of sp³-hybridized carbons (Fsp3) is 0.455. The number of hydrogen-bond donors (Lipinski definition) is 2. The van der Waals surface area contributed by atoms with Gasteiger partial charge < -0.3 is 20.1 Å². The number of aliphatic imine (C=N–C) groups is 1. The van der Waals surface area contributed by atoms with Crippen molar-refractivity contribution < 1.29 is 9.47 Å². The highest BCUT2D eigenvalue weighted by Gasteiger charge is 2.16. The number of guanidine groups is 1. The van der Waals surface area contributed by atoms with Crippen LogP contribution in [-0.2, 0) is 0 Å². The van der Waals surface area contributed by atoms with Crippen molar-refractivity contribution in [2.75, 3.05) is 32.1 Å². The lowest BCUT2D eigenvalue weighted by Gasteiger charge is -2.20. The lowest BCUT2D eigenvalue weighted by atomic mass is 9.89. The summed E-state index contributed by atoms with van der Waals surface area (Å²) in [5, 5.41) is 6.67. The Balaban J connectivity index is 0.00000420. The van der Waals surface area contributed by atoms with E-state index in [0.29, 0.717) is 36.5 Å². The standard InChI is InChI=1S/C22H32N4O2.HI/c1-6-24-22(25-15-19(16(3)4)17-9-8-12-23-14-17)26-18-10-11-20(27-5)21(13-18)28-7-2;/h8-14,16,19H,6-7,15H2,1-5H3,(H2,24,25,26);1H. The number of halogens is 1. The Morgan fingerprint density at radius 1 is 1.17 bits per heavy atom. The second-order valence-electron chi connectivity index (χ2n) is 6.78. The summed E-state index contributed by atoms with van der Waals surface area (Å²) in [6.45, 7) is 10.5. The number of anilines is 1. The summed E-state index contributed by atoms with van der Waals surface area (Å²) in [4.78, 5) is 9.08. The second-order valence-corrected chi connectivity index (χ2v) is 6.78. The minimum absolute atomic E-state index is 0. The van der Waals surface area contributed by atoms with Crippen molar-refractivity contribution >= 4 is 35.6 Å². The third kappa shape index (κ3) is 7.72. The molecule has 0 aliphatic heterocycles. The van der Waals surface area contributed by atoms with Gasteiger partial charge in [-0.15, -0.1) is 24.0 Å². The first-order chi connectivity index (χ1) is 13.6. The Morgan fingerprint density at radius 3 is 2.55 bits per heavy atom. The predicted octanol–water partition coefficient (Wildman–Crippen LogP) is 4.92. The van der Waals surface area contributed by atoms with E-state index >= 15 is 0 Å². The van der Waals surface area contributed by atoms with E-state index < -0.39 is 0 Å². The molecule has 0 spiro atoms. The highest BCUT2D eigenvalue weighted by Crippen LogP contribution is 2.30. The number of hydrogen-bond acceptors (Lipinski definition) is 4. The summed E-state index contributed by atoms with van der Waals surface area (Å²) in [6.07, 6.45) is 3.73. The molecule has 1 aromatic carbocycles. The maximum Gasteiger partial charge on any atom is 0.195 e. The van der Waals surface area contributed by atoms with Gasteiger partial charge in [0, 0.05) is 43.2 Å². The number of nitrogens with zero attached hydrogens (tertiary/aromatic N) is 2. The molecule has 160 valence electrons. The Kier molecular flexibility index (Phi) is 11.4. The average molecular weight is 512 g/mol. The van der Waals surface area contributed by atoms with E-state index in [0.717, 1.165) is 18.2 Å². The van der Waals surface area contributed by atoms with E-state index in [4.69, 9.17) is 14.5 Å². The van der Waals surface area contributed by atoms with Crippen LogP contribution in [0.5, 0.6) is 11.5 Å². The van der Waals surface area contributed by atoms with E-state index in [2.05, 4.69) is 42.5 Å². The number of nitrogens with one attached hydrogen (secondary N) is 2. The number of benzene rings is 1. The molecule has 0 saturated carbocycles. The quantitative estimate of drug-likeness (QED) is 0.284. The molecule has 1 unspecified atom stereocenters. The van der Waals surface area contributed by atoms with E-state index in [1.54, 1.807) is 13.3 Å². The highest BCUT2D eigenvalue weighted by atomic mass is 127. The van der Waals surface area contributed by atoms with Crippen LogP contribution in [0.1, 0.15) is 39.2 Å². The van der Waals surface area contributed by atoms with Gasteiger partial charge in [0.2, 0.25) is 0 Å². The largest absolute Gasteiger partial charge is 0.493 e. The molecule has 7 heteroatoms. The molecule has 0 saturated heterocycles. The maximum atomic E-state index is 5.67. The van der Waals surface area contributed by atoms with Crippen LogP contribution in [-0.4, -0.2) is 37.7 Å². The second kappa shape index (κ2) is 13.2. The van der Waals surface area contributed by atoms with Gasteiger partial charge in [0.05, 0.1) is 13.7 Å². The molecule has 2 aromatic rings. The number of ether oxygens (including phenoxy) is 2. The monoisotopic (exact) mass is 512 g/mol. The summed E-state index contributed by atoms with van der Waals surface area (Å²) >= 11 is 0. The molecule has 1 aromatic heterocycles. The zero-order valence-corrected chi connectivity index (χ0v) is 20.3. The number of aromatic nitrogens is 1. The SMILES string of the molecule is CCNC(=NCC(c1cccnc1)C(C)C)Nc1ccc(OC)c(OCC)c1.I. The van der Waals surface area contributed by atoms with E-state index in [-0.39, 0.29) is 24.0 Å². The molecule has 0 fully saturated rings. The highest BCUT2D eigenvalue weighted by molar-refractivity contribution is 14.0. The third-order valence-electron chi connectivity index (χ3n) is 4.43. The van der Waals surface area contributed by atoms with Crippen LogP contribution < -0.4 is 20.1 Å². The van der Waals surface area contributed by atoms with Crippen LogP contribution in [0.15, 0.2) is 47.7 Å². The summed E-state index contributed by atoms with van der Waals surface area (Å²) in [7, 11) is 1.64. The molecule has 0 aliphatic rings. The van der Waals surface area contributed by atoms with Crippen molar-refractivity contribution in [3.63, 3.8) is 0 Å². The van der Waals surface area contributed by atoms with Crippen LogP contribution in [0.2, 0.25) is 0 Å². The van der Waals surface area contributed by atoms with Crippen LogP contribution in [0, 0.1) is 5.92 Å². The summed E-state index contributed by atoms with van der Waals surface area (Å²) in [5.74, 6) is 2.93. The minimum Gasteiger partial charge on any atom is -0.493 e. The van der Waals surface area contributed by atoms with Crippen LogP contribution >= 0.6 is 24.0 Å². The lowest BCUT2D eigenvalue weighted by Crippen LogP contribution is -2.31. The first-order valence-corrected chi connectivity index (χ1v) is 9.85. The van der Waals surface area contributed by atoms with Crippen molar-refractivity contribution in [2.24, 2.45) is 10.9 Å². The molecule has 29 heavy (non-hydrogen) atoms. The molecule has 0 amide bonds. The smallest absolute Gasteiger partial charge is 0.195 e. The van der Waals surface area contributed by atoms with Gasteiger partial charge in [-0.3, -0.25) is 9.98 Å². The van der Waals surface area contributed by atoms with E-state index in [1.807, 2.05) is 37.4 Å².